The van der Waals surface area contributed by atoms with Gasteiger partial charge in [-0.15, -0.1) is 0 Å². The number of hydrogen-bond acceptors (Lipinski definition) is 5. The zero-order valence-corrected chi connectivity index (χ0v) is 15.6. The zero-order valence-electron chi connectivity index (χ0n) is 14.8. The van der Waals surface area contributed by atoms with E-state index in [9.17, 15) is 9.59 Å². The first-order chi connectivity index (χ1) is 12.0. The van der Waals surface area contributed by atoms with Crippen molar-refractivity contribution in [1.82, 2.24) is 4.90 Å². The van der Waals surface area contributed by atoms with Crippen molar-refractivity contribution in [2.75, 3.05) is 50.0 Å². The fraction of sp³-hybridized carbons (Fsp3) is 0.529. The molecule has 0 atom stereocenters. The molecule has 7 nitrogen and oxygen atoms in total. The van der Waals surface area contributed by atoms with E-state index in [-0.39, 0.29) is 24.6 Å². The number of ether oxygens (including phenoxy) is 2. The number of carbonyl (C=O) groups is 2. The Morgan fingerprint density at radius 3 is 2.60 bits per heavy atom. The number of nitrogens with one attached hydrogen (secondary N) is 2. The average Bonchev–Trinajstić information content (AvgIpc) is 2.62. The van der Waals surface area contributed by atoms with Crippen LogP contribution in [0.5, 0.6) is 5.75 Å². The van der Waals surface area contributed by atoms with Crippen molar-refractivity contribution < 1.29 is 19.1 Å². The van der Waals surface area contributed by atoms with Gasteiger partial charge in [0.15, 0.2) is 0 Å². The quantitative estimate of drug-likeness (QED) is 0.808. The molecule has 1 aromatic carbocycles. The summed E-state index contributed by atoms with van der Waals surface area (Å²) in [7, 11) is 4.79. The van der Waals surface area contributed by atoms with E-state index in [0.717, 1.165) is 24.3 Å². The molecule has 2 rings (SSSR count). The first-order valence-corrected chi connectivity index (χ1v) is 9.29. The first kappa shape index (κ1) is 19.4. The molecule has 1 fully saturated rings. The van der Waals surface area contributed by atoms with Gasteiger partial charge in [0.25, 0.3) is 0 Å². The van der Waals surface area contributed by atoms with Crippen LogP contribution in [-0.2, 0) is 9.53 Å². The average molecular weight is 367 g/mol. The Balaban J connectivity index is 2.05. The van der Waals surface area contributed by atoms with Crippen molar-refractivity contribution in [3.05, 3.63) is 18.2 Å². The minimum atomic E-state index is -0.291. The maximum absolute atomic E-state index is 12.5. The molecule has 2 N–H and O–H groups in total. The van der Waals surface area contributed by atoms with Crippen LogP contribution in [0.4, 0.5) is 16.2 Å². The largest absolute Gasteiger partial charge is 0.495 e. The number of carbonyl (C=O) groups excluding carboxylic acids is 2. The fourth-order valence-corrected chi connectivity index (χ4v) is 3.73. The molecule has 0 bridgehead atoms. The third-order valence-electron chi connectivity index (χ3n) is 4.06. The van der Waals surface area contributed by atoms with Crippen LogP contribution in [-0.4, -0.2) is 62.3 Å². The van der Waals surface area contributed by atoms with Crippen LogP contribution in [0.2, 0.25) is 0 Å². The van der Waals surface area contributed by atoms with Crippen molar-refractivity contribution in [3.8, 4) is 5.75 Å². The molecule has 0 aliphatic carbocycles. The molecule has 1 aliphatic heterocycles. The predicted octanol–water partition coefficient (Wildman–Crippen LogP) is 2.64. The highest BCUT2D eigenvalue weighted by atomic mass is 32.2. The van der Waals surface area contributed by atoms with Gasteiger partial charge in [0.05, 0.1) is 12.8 Å². The van der Waals surface area contributed by atoms with E-state index in [1.165, 1.54) is 14.2 Å². The number of benzene rings is 1. The molecular formula is C17H25N3O4S. The lowest BCUT2D eigenvalue weighted by molar-refractivity contribution is -0.119. The van der Waals surface area contributed by atoms with E-state index in [0.29, 0.717) is 17.1 Å². The second-order valence-electron chi connectivity index (χ2n) is 5.78. The van der Waals surface area contributed by atoms with Gasteiger partial charge in [0.2, 0.25) is 5.91 Å². The predicted molar refractivity (Wildman–Crippen MR) is 101 cm³/mol. The maximum Gasteiger partial charge on any atom is 0.321 e. The molecule has 8 heteroatoms. The Morgan fingerprint density at radius 1 is 1.24 bits per heavy atom. The fourth-order valence-electron chi connectivity index (χ4n) is 2.65. The van der Waals surface area contributed by atoms with Crippen molar-refractivity contribution in [1.29, 1.82) is 0 Å². The molecule has 0 spiro atoms. The van der Waals surface area contributed by atoms with Gasteiger partial charge in [0, 0.05) is 25.9 Å². The monoisotopic (exact) mass is 367 g/mol. The summed E-state index contributed by atoms with van der Waals surface area (Å²) in [5, 5.41) is 5.59. The van der Waals surface area contributed by atoms with Crippen molar-refractivity contribution in [3.63, 3.8) is 0 Å². The normalized spacial score (nSPS) is 14.7. The Kier molecular flexibility index (Phi) is 7.39. The van der Waals surface area contributed by atoms with Crippen LogP contribution in [0.1, 0.15) is 12.8 Å². The first-order valence-electron chi connectivity index (χ1n) is 8.13. The van der Waals surface area contributed by atoms with Crippen molar-refractivity contribution >= 4 is 35.1 Å². The number of rotatable bonds is 6. The second-order valence-corrected chi connectivity index (χ2v) is 7.01. The summed E-state index contributed by atoms with van der Waals surface area (Å²) >= 11 is 1.92. The smallest absolute Gasteiger partial charge is 0.321 e. The number of hydrogen-bond donors (Lipinski definition) is 2. The number of amides is 3. The standard InChI is InChI=1S/C17H25N3O4S/c1-20(13-6-8-25-9-7-13)17(22)18-12-4-5-15(24-3)14(10-12)19-16(21)11-23-2/h4-5,10,13H,6-9,11H2,1-3H3,(H,18,22)(H,19,21). The van der Waals surface area contributed by atoms with Gasteiger partial charge in [0.1, 0.15) is 12.4 Å². The number of urea groups is 1. The molecule has 1 aromatic rings. The molecule has 0 saturated carbocycles. The molecule has 138 valence electrons. The van der Waals surface area contributed by atoms with E-state index in [1.54, 1.807) is 23.1 Å². The summed E-state index contributed by atoms with van der Waals surface area (Å²) in [6.07, 6.45) is 2.02. The van der Waals surface area contributed by atoms with E-state index in [1.807, 2.05) is 18.8 Å². The van der Waals surface area contributed by atoms with Gasteiger partial charge >= 0.3 is 6.03 Å². The number of methoxy groups -OCH3 is 2. The van der Waals surface area contributed by atoms with Gasteiger partial charge in [-0.1, -0.05) is 0 Å². The lowest BCUT2D eigenvalue weighted by Gasteiger charge is -2.31. The van der Waals surface area contributed by atoms with Gasteiger partial charge in [-0.2, -0.15) is 11.8 Å². The summed E-state index contributed by atoms with van der Waals surface area (Å²) in [6, 6.07) is 5.23. The molecular weight excluding hydrogens is 342 g/mol. The minimum Gasteiger partial charge on any atom is -0.495 e. The van der Waals surface area contributed by atoms with Gasteiger partial charge in [-0.05, 0) is 42.5 Å². The lowest BCUT2D eigenvalue weighted by Crippen LogP contribution is -2.41. The molecule has 1 heterocycles. The van der Waals surface area contributed by atoms with E-state index in [4.69, 9.17) is 9.47 Å². The topological polar surface area (TPSA) is 79.9 Å². The van der Waals surface area contributed by atoms with Gasteiger partial charge in [-0.25, -0.2) is 4.79 Å². The van der Waals surface area contributed by atoms with Crippen LogP contribution < -0.4 is 15.4 Å². The van der Waals surface area contributed by atoms with E-state index < -0.39 is 0 Å². The van der Waals surface area contributed by atoms with E-state index >= 15 is 0 Å². The number of thioether (sulfide) groups is 1. The number of anilines is 2. The Morgan fingerprint density at radius 2 is 1.96 bits per heavy atom. The molecule has 0 aromatic heterocycles. The summed E-state index contributed by atoms with van der Waals surface area (Å²) in [4.78, 5) is 26.0. The van der Waals surface area contributed by atoms with Gasteiger partial charge < -0.3 is 25.0 Å². The Hall–Kier alpha value is -1.93. The van der Waals surface area contributed by atoms with Crippen LogP contribution in [0.3, 0.4) is 0 Å². The number of nitrogens with zero attached hydrogens (tertiary/aromatic N) is 1. The minimum absolute atomic E-state index is 0.0534. The lowest BCUT2D eigenvalue weighted by atomic mass is 10.1. The Labute approximate surface area is 152 Å². The van der Waals surface area contributed by atoms with Crippen LogP contribution in [0, 0.1) is 0 Å². The molecule has 1 aliphatic rings. The zero-order chi connectivity index (χ0) is 18.2. The highest BCUT2D eigenvalue weighted by molar-refractivity contribution is 7.99. The Bertz CT molecular complexity index is 606. The second kappa shape index (κ2) is 9.53. The van der Waals surface area contributed by atoms with E-state index in [2.05, 4.69) is 10.6 Å². The highest BCUT2D eigenvalue weighted by Gasteiger charge is 2.22. The maximum atomic E-state index is 12.5. The molecule has 0 radical (unpaired) electrons. The summed E-state index contributed by atoms with van der Waals surface area (Å²) in [5.74, 6) is 2.39. The summed E-state index contributed by atoms with van der Waals surface area (Å²) in [5.41, 5.74) is 1.08. The van der Waals surface area contributed by atoms with Crippen LogP contribution in [0.25, 0.3) is 0 Å². The van der Waals surface area contributed by atoms with Crippen LogP contribution in [0.15, 0.2) is 18.2 Å². The summed E-state index contributed by atoms with van der Waals surface area (Å²) < 4.78 is 10.1. The molecule has 3 amide bonds. The molecule has 1 saturated heterocycles. The van der Waals surface area contributed by atoms with Gasteiger partial charge in [-0.3, -0.25) is 4.79 Å². The molecule has 0 unspecified atom stereocenters. The SMILES string of the molecule is COCC(=O)Nc1cc(NC(=O)N(C)C2CCSCC2)ccc1OC. The third-order valence-corrected chi connectivity index (χ3v) is 5.11. The highest BCUT2D eigenvalue weighted by Crippen LogP contribution is 2.28. The third kappa shape index (κ3) is 5.54. The van der Waals surface area contributed by atoms with Crippen molar-refractivity contribution in [2.45, 2.75) is 18.9 Å². The summed E-state index contributed by atoms with van der Waals surface area (Å²) in [6.45, 7) is -0.0534. The molecule has 25 heavy (non-hydrogen) atoms. The van der Waals surface area contributed by atoms with Crippen molar-refractivity contribution in [2.24, 2.45) is 0 Å². The van der Waals surface area contributed by atoms with Crippen LogP contribution >= 0.6 is 11.8 Å².